The number of nitrogens with one attached hydrogen (secondary N) is 1. The van der Waals surface area contributed by atoms with Gasteiger partial charge in [0.25, 0.3) is 0 Å². The van der Waals surface area contributed by atoms with E-state index >= 15 is 0 Å². The summed E-state index contributed by atoms with van der Waals surface area (Å²) in [6.45, 7) is 1.11. The fraction of sp³-hybridized carbons (Fsp3) is 0.333. The summed E-state index contributed by atoms with van der Waals surface area (Å²) < 4.78 is 26.8. The summed E-state index contributed by atoms with van der Waals surface area (Å²) in [6.07, 6.45) is 1.32. The van der Waals surface area contributed by atoms with E-state index in [0.717, 1.165) is 6.07 Å². The average Bonchev–Trinajstić information content (AvgIpc) is 2.71. The number of hydrogen-bond donors (Lipinski definition) is 2. The van der Waals surface area contributed by atoms with Gasteiger partial charge in [-0.05, 0) is 55.2 Å². The number of likely N-dealkylation sites (tertiary alicyclic amines) is 1. The zero-order valence-electron chi connectivity index (χ0n) is 15.3. The first-order valence-corrected chi connectivity index (χ1v) is 9.24. The van der Waals surface area contributed by atoms with E-state index in [1.54, 1.807) is 17.0 Å². The maximum absolute atomic E-state index is 13.6. The third-order valence-corrected chi connectivity index (χ3v) is 5.01. The first kappa shape index (κ1) is 19.8. The Morgan fingerprint density at radius 3 is 2.43 bits per heavy atom. The van der Waals surface area contributed by atoms with E-state index in [1.807, 2.05) is 0 Å². The summed E-state index contributed by atoms with van der Waals surface area (Å²) in [5.41, 5.74) is 0.774. The lowest BCUT2D eigenvalue weighted by molar-refractivity contribution is 0.0854. The van der Waals surface area contributed by atoms with E-state index in [-0.39, 0.29) is 42.0 Å². The molecular weight excluding hydrogens is 366 g/mol. The Kier molecular flexibility index (Phi) is 6.23. The van der Waals surface area contributed by atoms with Gasteiger partial charge in [0.15, 0.2) is 17.4 Å². The van der Waals surface area contributed by atoms with Crippen molar-refractivity contribution in [3.05, 3.63) is 65.2 Å². The molecule has 0 unspecified atom stereocenters. The van der Waals surface area contributed by atoms with Crippen LogP contribution in [0.3, 0.4) is 0 Å². The van der Waals surface area contributed by atoms with E-state index in [9.17, 15) is 23.5 Å². The Morgan fingerprint density at radius 1 is 1.07 bits per heavy atom. The molecule has 0 saturated carbocycles. The predicted octanol–water partition coefficient (Wildman–Crippen LogP) is 3.52. The molecule has 5 nitrogen and oxygen atoms in total. The van der Waals surface area contributed by atoms with Crippen LogP contribution in [0.2, 0.25) is 0 Å². The van der Waals surface area contributed by atoms with Crippen molar-refractivity contribution in [3.8, 4) is 5.75 Å². The van der Waals surface area contributed by atoms with Crippen molar-refractivity contribution in [3.63, 3.8) is 0 Å². The molecule has 0 atom stereocenters. The molecule has 7 heteroatoms. The highest BCUT2D eigenvalue weighted by Crippen LogP contribution is 2.23. The van der Waals surface area contributed by atoms with Crippen LogP contribution in [0, 0.1) is 17.6 Å². The third kappa shape index (κ3) is 4.65. The van der Waals surface area contributed by atoms with Gasteiger partial charge in [0.2, 0.25) is 0 Å². The third-order valence-electron chi connectivity index (χ3n) is 5.01. The van der Waals surface area contributed by atoms with Crippen LogP contribution in [0.1, 0.15) is 28.8 Å². The van der Waals surface area contributed by atoms with Crippen LogP contribution in [-0.2, 0) is 6.42 Å². The number of carbonyl (C=O) groups is 2. The van der Waals surface area contributed by atoms with Crippen LogP contribution in [0.25, 0.3) is 0 Å². The summed E-state index contributed by atoms with van der Waals surface area (Å²) in [6, 6.07) is 9.88. The van der Waals surface area contributed by atoms with Gasteiger partial charge in [-0.2, -0.15) is 0 Å². The molecular formula is C21H22F2N2O3. The Labute approximate surface area is 162 Å². The van der Waals surface area contributed by atoms with Gasteiger partial charge in [0.1, 0.15) is 5.75 Å². The highest BCUT2D eigenvalue weighted by Gasteiger charge is 2.27. The number of halogens is 2. The quantitative estimate of drug-likeness (QED) is 0.770. The van der Waals surface area contributed by atoms with Crippen LogP contribution in [0.15, 0.2) is 42.5 Å². The van der Waals surface area contributed by atoms with Crippen LogP contribution in [-0.4, -0.2) is 41.5 Å². The molecule has 2 aromatic rings. The van der Waals surface area contributed by atoms with Gasteiger partial charge in [-0.25, -0.2) is 13.6 Å². The van der Waals surface area contributed by atoms with Gasteiger partial charge >= 0.3 is 6.03 Å². The molecule has 1 fully saturated rings. The van der Waals surface area contributed by atoms with Gasteiger partial charge < -0.3 is 15.3 Å². The Bertz CT molecular complexity index is 847. The number of rotatable bonds is 5. The van der Waals surface area contributed by atoms with Crippen molar-refractivity contribution in [2.24, 2.45) is 5.92 Å². The molecule has 0 aromatic heterocycles. The number of phenolic OH excluding ortho intramolecular Hbond substituents is 1. The first-order chi connectivity index (χ1) is 13.5. The minimum atomic E-state index is -0.899. The summed E-state index contributed by atoms with van der Waals surface area (Å²) in [5, 5.41) is 12.0. The molecule has 2 N–H and O–H groups in total. The summed E-state index contributed by atoms with van der Waals surface area (Å²) >= 11 is 0. The number of phenols is 1. The lowest BCUT2D eigenvalue weighted by Crippen LogP contribution is -2.46. The van der Waals surface area contributed by atoms with Gasteiger partial charge in [-0.15, -0.1) is 0 Å². The van der Waals surface area contributed by atoms with E-state index in [2.05, 4.69) is 5.32 Å². The Morgan fingerprint density at radius 2 is 1.75 bits per heavy atom. The number of Topliss-reactive ketones (excluding diaryl/α,β-unsaturated/α-hetero) is 1. The van der Waals surface area contributed by atoms with E-state index < -0.39 is 11.6 Å². The van der Waals surface area contributed by atoms with Crippen molar-refractivity contribution in [1.82, 2.24) is 10.2 Å². The van der Waals surface area contributed by atoms with Gasteiger partial charge in [-0.3, -0.25) is 4.79 Å². The topological polar surface area (TPSA) is 69.6 Å². The molecule has 1 aliphatic rings. The maximum Gasteiger partial charge on any atom is 0.317 e. The van der Waals surface area contributed by atoms with Crippen LogP contribution < -0.4 is 5.32 Å². The second-order valence-electron chi connectivity index (χ2n) is 6.87. The van der Waals surface area contributed by atoms with E-state index in [0.29, 0.717) is 31.5 Å². The van der Waals surface area contributed by atoms with Crippen LogP contribution in [0.5, 0.6) is 5.75 Å². The fourth-order valence-corrected chi connectivity index (χ4v) is 3.36. The highest BCUT2D eigenvalue weighted by atomic mass is 19.2. The number of ketones is 1. The van der Waals surface area contributed by atoms with Crippen molar-refractivity contribution < 1.29 is 23.5 Å². The van der Waals surface area contributed by atoms with Gasteiger partial charge in [-0.1, -0.05) is 12.1 Å². The standard InChI is InChI=1S/C21H22F2N2O3/c22-18-3-1-2-14(19(18)23)8-11-24-21(28)25-12-9-16(10-13-25)20(27)15-4-6-17(26)7-5-15/h1-7,16,26H,8-13H2,(H,24,28). The fourth-order valence-electron chi connectivity index (χ4n) is 3.36. The van der Waals surface area contributed by atoms with Gasteiger partial charge in [0.05, 0.1) is 0 Å². The SMILES string of the molecule is O=C(c1ccc(O)cc1)C1CCN(C(=O)NCCc2cccc(F)c2F)CC1. The second kappa shape index (κ2) is 8.82. The van der Waals surface area contributed by atoms with Crippen LogP contribution >= 0.6 is 0 Å². The molecule has 2 aromatic carbocycles. The molecule has 3 rings (SSSR count). The smallest absolute Gasteiger partial charge is 0.317 e. The number of carbonyl (C=O) groups excluding carboxylic acids is 2. The number of hydrogen-bond acceptors (Lipinski definition) is 3. The molecule has 0 radical (unpaired) electrons. The summed E-state index contributed by atoms with van der Waals surface area (Å²) in [7, 11) is 0. The van der Waals surface area contributed by atoms with Gasteiger partial charge in [0, 0.05) is 31.1 Å². The second-order valence-corrected chi connectivity index (χ2v) is 6.87. The molecule has 2 amide bonds. The summed E-state index contributed by atoms with van der Waals surface area (Å²) in [5.74, 6) is -1.81. The minimum Gasteiger partial charge on any atom is -0.508 e. The molecule has 28 heavy (non-hydrogen) atoms. The highest BCUT2D eigenvalue weighted by molar-refractivity contribution is 5.98. The normalized spacial score (nSPS) is 14.7. The Balaban J connectivity index is 1.45. The lowest BCUT2D eigenvalue weighted by Gasteiger charge is -2.31. The molecule has 148 valence electrons. The monoisotopic (exact) mass is 388 g/mol. The van der Waals surface area contributed by atoms with Crippen molar-refractivity contribution in [1.29, 1.82) is 0 Å². The van der Waals surface area contributed by atoms with Crippen molar-refractivity contribution in [2.75, 3.05) is 19.6 Å². The molecule has 1 aliphatic heterocycles. The van der Waals surface area contributed by atoms with Crippen molar-refractivity contribution in [2.45, 2.75) is 19.3 Å². The summed E-state index contributed by atoms with van der Waals surface area (Å²) in [4.78, 5) is 26.4. The number of benzene rings is 2. The van der Waals surface area contributed by atoms with Crippen LogP contribution in [0.4, 0.5) is 13.6 Å². The number of nitrogens with zero attached hydrogens (tertiary/aromatic N) is 1. The Hall–Kier alpha value is -2.96. The largest absolute Gasteiger partial charge is 0.508 e. The van der Waals surface area contributed by atoms with E-state index in [4.69, 9.17) is 0 Å². The average molecular weight is 388 g/mol. The number of piperidine rings is 1. The van der Waals surface area contributed by atoms with E-state index in [1.165, 1.54) is 24.3 Å². The minimum absolute atomic E-state index is 0.0154. The number of amides is 2. The molecule has 0 spiro atoms. The molecule has 1 saturated heterocycles. The number of urea groups is 1. The maximum atomic E-state index is 13.6. The predicted molar refractivity (Wildman–Crippen MR) is 100 cm³/mol. The first-order valence-electron chi connectivity index (χ1n) is 9.24. The van der Waals surface area contributed by atoms with Crippen molar-refractivity contribution >= 4 is 11.8 Å². The molecule has 1 heterocycles. The zero-order valence-corrected chi connectivity index (χ0v) is 15.3. The molecule has 0 bridgehead atoms. The number of aromatic hydroxyl groups is 1. The zero-order chi connectivity index (χ0) is 20.1. The molecule has 0 aliphatic carbocycles. The lowest BCUT2D eigenvalue weighted by atomic mass is 9.89.